The monoisotopic (exact) mass is 281 g/mol. The molecule has 2 rings (SSSR count). The lowest BCUT2D eigenvalue weighted by atomic mass is 9.93. The third-order valence-electron chi connectivity index (χ3n) is 4.36. The van der Waals surface area contributed by atoms with Crippen molar-refractivity contribution >= 4 is 11.6 Å². The minimum Gasteiger partial charge on any atom is -0.372 e. The molecule has 0 amide bonds. The zero-order chi connectivity index (χ0) is 13.7. The molecular weight excluding hydrogens is 258 g/mol. The Balaban J connectivity index is 2.05. The third kappa shape index (κ3) is 3.31. The van der Waals surface area contributed by atoms with Gasteiger partial charge in [-0.3, -0.25) is 0 Å². The van der Waals surface area contributed by atoms with E-state index in [1.807, 2.05) is 0 Å². The van der Waals surface area contributed by atoms with Crippen LogP contribution in [0.15, 0.2) is 24.3 Å². The highest BCUT2D eigenvalue weighted by Crippen LogP contribution is 2.27. The van der Waals surface area contributed by atoms with Crippen LogP contribution in [-0.2, 0) is 11.2 Å². The van der Waals surface area contributed by atoms with Gasteiger partial charge in [0.2, 0.25) is 0 Å². The van der Waals surface area contributed by atoms with Crippen molar-refractivity contribution in [1.29, 1.82) is 0 Å². The van der Waals surface area contributed by atoms with E-state index >= 15 is 0 Å². The molecular formula is C16H24ClNO. The summed E-state index contributed by atoms with van der Waals surface area (Å²) < 4.78 is 5.93. The SMILES string of the molecule is CCC(CC)(CCl)NCC1OCCc2ccccc21. The molecule has 106 valence electrons. The smallest absolute Gasteiger partial charge is 0.0952 e. The fourth-order valence-electron chi connectivity index (χ4n) is 2.69. The number of alkyl halides is 1. The third-order valence-corrected chi connectivity index (χ3v) is 4.88. The van der Waals surface area contributed by atoms with E-state index in [1.54, 1.807) is 0 Å². The zero-order valence-electron chi connectivity index (χ0n) is 11.9. The van der Waals surface area contributed by atoms with Gasteiger partial charge in [-0.25, -0.2) is 0 Å². The number of rotatable bonds is 6. The molecule has 0 saturated carbocycles. The first-order valence-electron chi connectivity index (χ1n) is 7.25. The van der Waals surface area contributed by atoms with Gasteiger partial charge in [0.1, 0.15) is 0 Å². The maximum absolute atomic E-state index is 6.14. The Bertz CT molecular complexity index is 395. The zero-order valence-corrected chi connectivity index (χ0v) is 12.7. The van der Waals surface area contributed by atoms with Crippen molar-refractivity contribution in [2.24, 2.45) is 0 Å². The van der Waals surface area contributed by atoms with Crippen molar-refractivity contribution < 1.29 is 4.74 Å². The van der Waals surface area contributed by atoms with E-state index in [2.05, 4.69) is 43.4 Å². The lowest BCUT2D eigenvalue weighted by Gasteiger charge is -2.34. The molecule has 0 fully saturated rings. The highest BCUT2D eigenvalue weighted by atomic mass is 35.5. The topological polar surface area (TPSA) is 21.3 Å². The molecule has 1 atom stereocenters. The number of fused-ring (bicyclic) bond motifs is 1. The van der Waals surface area contributed by atoms with Crippen LogP contribution in [0.5, 0.6) is 0 Å². The Morgan fingerprint density at radius 1 is 1.32 bits per heavy atom. The molecule has 19 heavy (non-hydrogen) atoms. The van der Waals surface area contributed by atoms with E-state index in [9.17, 15) is 0 Å². The van der Waals surface area contributed by atoms with Crippen molar-refractivity contribution in [3.63, 3.8) is 0 Å². The number of hydrogen-bond acceptors (Lipinski definition) is 2. The minimum absolute atomic E-state index is 0.0390. The Morgan fingerprint density at radius 2 is 2.05 bits per heavy atom. The molecule has 1 aromatic carbocycles. The van der Waals surface area contributed by atoms with Crippen molar-refractivity contribution in [2.75, 3.05) is 19.0 Å². The summed E-state index contributed by atoms with van der Waals surface area (Å²) in [5.74, 6) is 0.647. The van der Waals surface area contributed by atoms with Gasteiger partial charge in [-0.2, -0.15) is 0 Å². The molecule has 1 unspecified atom stereocenters. The predicted molar refractivity (Wildman–Crippen MR) is 80.9 cm³/mol. The second-order valence-corrected chi connectivity index (χ2v) is 5.58. The second kappa shape index (κ2) is 6.74. The summed E-state index contributed by atoms with van der Waals surface area (Å²) in [6, 6.07) is 8.59. The number of hydrogen-bond donors (Lipinski definition) is 1. The fraction of sp³-hybridized carbons (Fsp3) is 0.625. The van der Waals surface area contributed by atoms with Gasteiger partial charge in [0.25, 0.3) is 0 Å². The van der Waals surface area contributed by atoms with Crippen molar-refractivity contribution in [2.45, 2.75) is 44.8 Å². The van der Waals surface area contributed by atoms with Crippen LogP contribution in [0.25, 0.3) is 0 Å². The normalized spacial score (nSPS) is 19.2. The van der Waals surface area contributed by atoms with Crippen LogP contribution in [0.4, 0.5) is 0 Å². The van der Waals surface area contributed by atoms with Gasteiger partial charge in [-0.05, 0) is 30.4 Å². The quantitative estimate of drug-likeness (QED) is 0.803. The van der Waals surface area contributed by atoms with Gasteiger partial charge < -0.3 is 10.1 Å². The molecule has 3 heteroatoms. The Kier molecular flexibility index (Phi) is 5.26. The maximum Gasteiger partial charge on any atom is 0.0952 e. The van der Waals surface area contributed by atoms with E-state index in [1.165, 1.54) is 11.1 Å². The maximum atomic E-state index is 6.14. The summed E-state index contributed by atoms with van der Waals surface area (Å²) in [5.41, 5.74) is 2.79. The van der Waals surface area contributed by atoms with Gasteiger partial charge in [-0.1, -0.05) is 38.1 Å². The number of benzene rings is 1. The Morgan fingerprint density at radius 3 is 2.74 bits per heavy atom. The average molecular weight is 282 g/mol. The van der Waals surface area contributed by atoms with E-state index in [0.717, 1.165) is 32.4 Å². The van der Waals surface area contributed by atoms with Crippen LogP contribution >= 0.6 is 11.6 Å². The van der Waals surface area contributed by atoms with E-state index < -0.39 is 0 Å². The van der Waals surface area contributed by atoms with Gasteiger partial charge in [0.05, 0.1) is 12.7 Å². The van der Waals surface area contributed by atoms with Crippen LogP contribution in [0.1, 0.15) is 43.9 Å². The molecule has 0 bridgehead atoms. The lowest BCUT2D eigenvalue weighted by Crippen LogP contribution is -2.48. The number of halogens is 1. The average Bonchev–Trinajstić information content (AvgIpc) is 2.49. The summed E-state index contributed by atoms with van der Waals surface area (Å²) in [5, 5.41) is 3.64. The molecule has 1 heterocycles. The van der Waals surface area contributed by atoms with Crippen molar-refractivity contribution in [3.8, 4) is 0 Å². The highest BCUT2D eigenvalue weighted by Gasteiger charge is 2.27. The van der Waals surface area contributed by atoms with Crippen LogP contribution in [0.2, 0.25) is 0 Å². The minimum atomic E-state index is 0.0390. The fourth-order valence-corrected chi connectivity index (χ4v) is 3.16. The highest BCUT2D eigenvalue weighted by molar-refractivity contribution is 6.18. The molecule has 2 nitrogen and oxygen atoms in total. The Hall–Kier alpha value is -0.570. The first-order chi connectivity index (χ1) is 9.24. The molecule has 1 aromatic rings. The van der Waals surface area contributed by atoms with Gasteiger partial charge in [-0.15, -0.1) is 11.6 Å². The molecule has 0 aromatic heterocycles. The van der Waals surface area contributed by atoms with E-state index in [0.29, 0.717) is 5.88 Å². The molecule has 0 aliphatic carbocycles. The molecule has 0 radical (unpaired) electrons. The van der Waals surface area contributed by atoms with Crippen LogP contribution in [0, 0.1) is 0 Å². The Labute approximate surface area is 121 Å². The second-order valence-electron chi connectivity index (χ2n) is 5.31. The molecule has 0 saturated heterocycles. The summed E-state index contributed by atoms with van der Waals surface area (Å²) in [4.78, 5) is 0. The molecule has 0 spiro atoms. The largest absolute Gasteiger partial charge is 0.372 e. The van der Waals surface area contributed by atoms with Gasteiger partial charge >= 0.3 is 0 Å². The van der Waals surface area contributed by atoms with Crippen LogP contribution in [0.3, 0.4) is 0 Å². The molecule has 1 N–H and O–H groups in total. The first-order valence-corrected chi connectivity index (χ1v) is 7.78. The number of nitrogens with one attached hydrogen (secondary N) is 1. The standard InChI is InChI=1S/C16H24ClNO/c1-3-16(4-2,12-17)18-11-15-14-8-6-5-7-13(14)9-10-19-15/h5-8,15,18H,3-4,9-12H2,1-2H3. The van der Waals surface area contributed by atoms with Crippen molar-refractivity contribution in [3.05, 3.63) is 35.4 Å². The number of ether oxygens (including phenoxy) is 1. The van der Waals surface area contributed by atoms with E-state index in [4.69, 9.17) is 16.3 Å². The van der Waals surface area contributed by atoms with Crippen LogP contribution < -0.4 is 5.32 Å². The molecule has 1 aliphatic heterocycles. The predicted octanol–water partition coefficient (Wildman–Crippen LogP) is 3.69. The van der Waals surface area contributed by atoms with Gasteiger partial charge in [0, 0.05) is 18.0 Å². The van der Waals surface area contributed by atoms with E-state index in [-0.39, 0.29) is 11.6 Å². The first kappa shape index (κ1) is 14.8. The lowest BCUT2D eigenvalue weighted by molar-refractivity contribution is 0.0368. The van der Waals surface area contributed by atoms with Gasteiger partial charge in [0.15, 0.2) is 0 Å². The molecule has 1 aliphatic rings. The summed E-state index contributed by atoms with van der Waals surface area (Å²) in [6.07, 6.45) is 3.27. The summed E-state index contributed by atoms with van der Waals surface area (Å²) >= 11 is 6.14. The van der Waals surface area contributed by atoms with Crippen LogP contribution in [-0.4, -0.2) is 24.6 Å². The summed E-state index contributed by atoms with van der Waals surface area (Å²) in [7, 11) is 0. The summed E-state index contributed by atoms with van der Waals surface area (Å²) in [6.45, 7) is 6.03. The van der Waals surface area contributed by atoms with Crippen molar-refractivity contribution in [1.82, 2.24) is 5.32 Å².